The molecule has 4 heteroatoms. The van der Waals surface area contributed by atoms with Gasteiger partial charge in [0.25, 0.3) is 0 Å². The van der Waals surface area contributed by atoms with E-state index in [9.17, 15) is 0 Å². The van der Waals surface area contributed by atoms with Gasteiger partial charge in [-0.25, -0.2) is 0 Å². The van der Waals surface area contributed by atoms with Crippen molar-refractivity contribution in [3.63, 3.8) is 0 Å². The molecular weight excluding hydrogens is 464 g/mol. The number of aromatic nitrogens is 2. The van der Waals surface area contributed by atoms with Crippen molar-refractivity contribution in [2.45, 2.75) is 116 Å². The Balaban J connectivity index is 0.965. The maximum Gasteiger partial charge on any atom is 0.0547 e. The van der Waals surface area contributed by atoms with Gasteiger partial charge in [0, 0.05) is 37.6 Å². The Morgan fingerprint density at radius 1 is 0.711 bits per heavy atom. The molecule has 2 aromatic rings. The molecule has 2 saturated heterocycles. The minimum Gasteiger partial charge on any atom is -0.293 e. The van der Waals surface area contributed by atoms with E-state index in [0.29, 0.717) is 22.9 Å². The van der Waals surface area contributed by atoms with Crippen LogP contribution in [0.4, 0.5) is 0 Å². The first kappa shape index (κ1) is 24.1. The van der Waals surface area contributed by atoms with Gasteiger partial charge in [0.2, 0.25) is 0 Å². The quantitative estimate of drug-likeness (QED) is 0.461. The SMILES string of the molecule is CC1(C)C2Cc3cc(CN4CCC[C@@H]4[C@H]4CCCN4Cc4cc5c(cn4)C4CC(C5)C4(C)C)ncc3C1C2. The van der Waals surface area contributed by atoms with Gasteiger partial charge < -0.3 is 0 Å². The van der Waals surface area contributed by atoms with E-state index in [2.05, 4.69) is 62.0 Å². The Morgan fingerprint density at radius 3 is 1.58 bits per heavy atom. The van der Waals surface area contributed by atoms with E-state index in [4.69, 9.17) is 9.97 Å². The van der Waals surface area contributed by atoms with E-state index in [-0.39, 0.29) is 0 Å². The Bertz CT molecular complexity index is 1170. The monoisotopic (exact) mass is 510 g/mol. The van der Waals surface area contributed by atoms with Gasteiger partial charge in [-0.3, -0.25) is 19.8 Å². The fourth-order valence-corrected chi connectivity index (χ4v) is 9.96. The highest BCUT2D eigenvalue weighted by Gasteiger charge is 2.53. The normalized spacial score (nSPS) is 36.3. The third-order valence-corrected chi connectivity index (χ3v) is 12.8. The van der Waals surface area contributed by atoms with Crippen molar-refractivity contribution in [2.24, 2.45) is 22.7 Å². The van der Waals surface area contributed by atoms with Crippen molar-refractivity contribution < 1.29 is 0 Å². The molecule has 0 N–H and O–H groups in total. The van der Waals surface area contributed by atoms with Gasteiger partial charge in [0.05, 0.1) is 11.4 Å². The van der Waals surface area contributed by atoms with E-state index in [1.165, 1.54) is 75.8 Å². The molecule has 4 unspecified atom stereocenters. The van der Waals surface area contributed by atoms with Crippen molar-refractivity contribution in [1.82, 2.24) is 19.8 Å². The molecule has 4 nitrogen and oxygen atoms in total. The molecule has 4 fully saturated rings. The van der Waals surface area contributed by atoms with Crippen LogP contribution in [0.25, 0.3) is 0 Å². The molecule has 202 valence electrons. The predicted octanol–water partition coefficient (Wildman–Crippen LogP) is 6.48. The molecule has 6 aliphatic carbocycles. The number of hydrogen-bond acceptors (Lipinski definition) is 4. The van der Waals surface area contributed by atoms with E-state index >= 15 is 0 Å². The Morgan fingerprint density at radius 2 is 1.16 bits per heavy atom. The summed E-state index contributed by atoms with van der Waals surface area (Å²) in [5.41, 5.74) is 9.88. The topological polar surface area (TPSA) is 32.3 Å². The van der Waals surface area contributed by atoms with Crippen LogP contribution in [0.3, 0.4) is 0 Å². The minimum atomic E-state index is 0.478. The van der Waals surface area contributed by atoms with Gasteiger partial charge in [-0.1, -0.05) is 27.7 Å². The molecule has 0 spiro atoms. The zero-order valence-corrected chi connectivity index (χ0v) is 24.0. The van der Waals surface area contributed by atoms with Gasteiger partial charge in [0.15, 0.2) is 0 Å². The second kappa shape index (κ2) is 8.36. The zero-order chi connectivity index (χ0) is 25.8. The third-order valence-electron chi connectivity index (χ3n) is 12.8. The summed E-state index contributed by atoms with van der Waals surface area (Å²) in [6, 6.07) is 6.28. The molecule has 0 radical (unpaired) electrons. The lowest BCUT2D eigenvalue weighted by atomic mass is 9.48. The second-order valence-corrected chi connectivity index (χ2v) is 15.1. The summed E-state index contributed by atoms with van der Waals surface area (Å²) in [6.07, 6.45) is 15.1. The number of rotatable bonds is 5. The van der Waals surface area contributed by atoms with Gasteiger partial charge >= 0.3 is 0 Å². The average Bonchev–Trinajstić information content (AvgIpc) is 3.56. The maximum atomic E-state index is 5.04. The highest BCUT2D eigenvalue weighted by Crippen LogP contribution is 2.63. The molecule has 0 amide bonds. The summed E-state index contributed by atoms with van der Waals surface area (Å²) in [5.74, 6) is 3.21. The molecule has 0 aromatic carbocycles. The predicted molar refractivity (Wildman–Crippen MR) is 152 cm³/mol. The summed E-state index contributed by atoms with van der Waals surface area (Å²) in [5, 5.41) is 0. The largest absolute Gasteiger partial charge is 0.293 e. The molecule has 2 aromatic heterocycles. The van der Waals surface area contributed by atoms with Gasteiger partial charge in [-0.05, 0) is 133 Å². The van der Waals surface area contributed by atoms with Crippen molar-refractivity contribution in [1.29, 1.82) is 0 Å². The van der Waals surface area contributed by atoms with Crippen LogP contribution in [0.15, 0.2) is 24.5 Å². The van der Waals surface area contributed by atoms with E-state index in [0.717, 1.165) is 36.8 Å². The Kier molecular flexibility index (Phi) is 5.29. The molecule has 6 atom stereocenters. The van der Waals surface area contributed by atoms with Crippen LogP contribution in [-0.4, -0.2) is 44.9 Å². The first-order valence-electron chi connectivity index (χ1n) is 15.7. The van der Waals surface area contributed by atoms with Crippen LogP contribution < -0.4 is 0 Å². The van der Waals surface area contributed by atoms with Crippen molar-refractivity contribution in [3.8, 4) is 0 Å². The van der Waals surface area contributed by atoms with Crippen LogP contribution in [-0.2, 0) is 25.9 Å². The number of hydrogen-bond donors (Lipinski definition) is 0. The molecular formula is C34H46N4. The lowest BCUT2D eigenvalue weighted by Gasteiger charge is -2.57. The van der Waals surface area contributed by atoms with Crippen LogP contribution in [0.5, 0.6) is 0 Å². The fourth-order valence-electron chi connectivity index (χ4n) is 9.96. The molecule has 8 aliphatic rings. The minimum absolute atomic E-state index is 0.478. The number of nitrogens with zero attached hydrogens (tertiary/aromatic N) is 4. The van der Waals surface area contributed by atoms with Gasteiger partial charge in [-0.15, -0.1) is 0 Å². The highest BCUT2D eigenvalue weighted by atomic mass is 15.3. The first-order valence-corrected chi connectivity index (χ1v) is 15.7. The first-order chi connectivity index (χ1) is 18.3. The van der Waals surface area contributed by atoms with E-state index in [1.54, 1.807) is 22.3 Å². The van der Waals surface area contributed by atoms with Crippen LogP contribution in [0.1, 0.15) is 112 Å². The molecule has 4 bridgehead atoms. The lowest BCUT2D eigenvalue weighted by Crippen LogP contribution is -2.48. The zero-order valence-electron chi connectivity index (χ0n) is 24.0. The molecule has 4 heterocycles. The summed E-state index contributed by atoms with van der Waals surface area (Å²) < 4.78 is 0. The van der Waals surface area contributed by atoms with Crippen molar-refractivity contribution in [3.05, 3.63) is 58.2 Å². The standard InChI is InChI=1S/C34H46N4/c1-33(2)23-11-21-13-25(35-17-27(21)29(33)15-23)19-37-9-5-7-31(37)32-8-6-10-38(32)20-26-14-22-12-24-16-30(34(24,3)4)28(22)18-36-26/h13-14,17-18,23-24,29-32H,5-12,15-16,19-20H2,1-4H3/t23?,24?,29?,30?,31-,32-/m1/s1. The maximum absolute atomic E-state index is 5.04. The van der Waals surface area contributed by atoms with Crippen LogP contribution in [0, 0.1) is 22.7 Å². The number of pyridine rings is 2. The summed E-state index contributed by atoms with van der Waals surface area (Å²) >= 11 is 0. The molecule has 38 heavy (non-hydrogen) atoms. The lowest BCUT2D eigenvalue weighted by molar-refractivity contribution is 0.0181. The number of likely N-dealkylation sites (tertiary alicyclic amines) is 2. The summed E-state index contributed by atoms with van der Waals surface area (Å²) in [7, 11) is 0. The van der Waals surface area contributed by atoms with Crippen molar-refractivity contribution in [2.75, 3.05) is 13.1 Å². The third kappa shape index (κ3) is 3.48. The van der Waals surface area contributed by atoms with Crippen molar-refractivity contribution >= 4 is 0 Å². The van der Waals surface area contributed by atoms with Gasteiger partial charge in [-0.2, -0.15) is 0 Å². The van der Waals surface area contributed by atoms with Crippen LogP contribution in [0.2, 0.25) is 0 Å². The Hall–Kier alpha value is -1.78. The molecule has 2 saturated carbocycles. The average molecular weight is 511 g/mol. The summed E-state index contributed by atoms with van der Waals surface area (Å²) in [6.45, 7) is 14.4. The second-order valence-electron chi connectivity index (χ2n) is 15.1. The summed E-state index contributed by atoms with van der Waals surface area (Å²) in [4.78, 5) is 15.6. The highest BCUT2D eigenvalue weighted by molar-refractivity contribution is 5.40. The fraction of sp³-hybridized carbons (Fsp3) is 0.706. The van der Waals surface area contributed by atoms with E-state index in [1.807, 2.05) is 0 Å². The van der Waals surface area contributed by atoms with E-state index < -0.39 is 0 Å². The van der Waals surface area contributed by atoms with Gasteiger partial charge in [0.1, 0.15) is 0 Å². The molecule has 10 rings (SSSR count). The molecule has 2 aliphatic heterocycles. The van der Waals surface area contributed by atoms with Crippen LogP contribution >= 0.6 is 0 Å². The smallest absolute Gasteiger partial charge is 0.0547 e. The Labute approximate surface area is 229 Å².